The Hall–Kier alpha value is -1.46. The van der Waals surface area contributed by atoms with Gasteiger partial charge in [0.05, 0.1) is 0 Å². The number of hydrogen-bond acceptors (Lipinski definition) is 3. The number of nitrogens with zero attached hydrogens (tertiary/aromatic N) is 1. The van der Waals surface area contributed by atoms with Crippen molar-refractivity contribution in [2.75, 3.05) is 19.6 Å². The van der Waals surface area contributed by atoms with Crippen LogP contribution in [0.3, 0.4) is 0 Å². The van der Waals surface area contributed by atoms with Gasteiger partial charge in [0.2, 0.25) is 0 Å². The van der Waals surface area contributed by atoms with E-state index >= 15 is 0 Å². The molecule has 0 aliphatic heterocycles. The lowest BCUT2D eigenvalue weighted by Gasteiger charge is -2.19. The van der Waals surface area contributed by atoms with Crippen molar-refractivity contribution in [2.45, 2.75) is 53.1 Å². The highest BCUT2D eigenvalue weighted by Crippen LogP contribution is 2.06. The predicted molar refractivity (Wildman–Crippen MR) is 82.8 cm³/mol. The van der Waals surface area contributed by atoms with Crippen LogP contribution in [-0.2, 0) is 4.74 Å². The van der Waals surface area contributed by atoms with Crippen molar-refractivity contribution in [1.82, 2.24) is 10.6 Å². The Kier molecular flexibility index (Phi) is 8.76. The van der Waals surface area contributed by atoms with Crippen molar-refractivity contribution in [3.63, 3.8) is 0 Å². The molecule has 0 aromatic heterocycles. The smallest absolute Gasteiger partial charge is 0.407 e. The second-order valence-electron chi connectivity index (χ2n) is 6.18. The fourth-order valence-electron chi connectivity index (χ4n) is 1.31. The summed E-state index contributed by atoms with van der Waals surface area (Å²) in [4.78, 5) is 15.6. The SMILES string of the molecule is CC(C)CN=C(N)NCCCCNC(=O)OC(C)(C)C. The molecule has 0 fully saturated rings. The summed E-state index contributed by atoms with van der Waals surface area (Å²) in [6, 6.07) is 0. The van der Waals surface area contributed by atoms with Crippen molar-refractivity contribution >= 4 is 12.1 Å². The molecule has 0 heterocycles. The van der Waals surface area contributed by atoms with Crippen LogP contribution in [0, 0.1) is 5.92 Å². The lowest BCUT2D eigenvalue weighted by atomic mass is 10.2. The maximum absolute atomic E-state index is 11.4. The minimum absolute atomic E-state index is 0.372. The summed E-state index contributed by atoms with van der Waals surface area (Å²) in [6.45, 7) is 11.8. The van der Waals surface area contributed by atoms with Gasteiger partial charge in [-0.15, -0.1) is 0 Å². The Bertz CT molecular complexity index is 309. The zero-order valence-corrected chi connectivity index (χ0v) is 13.5. The number of carbonyl (C=O) groups is 1. The van der Waals surface area contributed by atoms with Gasteiger partial charge in [0.15, 0.2) is 5.96 Å². The van der Waals surface area contributed by atoms with E-state index in [1.807, 2.05) is 20.8 Å². The summed E-state index contributed by atoms with van der Waals surface area (Å²) in [5, 5.41) is 5.77. The quantitative estimate of drug-likeness (QED) is 0.378. The van der Waals surface area contributed by atoms with Crippen LogP contribution in [0.1, 0.15) is 47.5 Å². The van der Waals surface area contributed by atoms with E-state index in [1.165, 1.54) is 0 Å². The van der Waals surface area contributed by atoms with Gasteiger partial charge < -0.3 is 21.1 Å². The highest BCUT2D eigenvalue weighted by atomic mass is 16.6. The van der Waals surface area contributed by atoms with Gasteiger partial charge in [-0.2, -0.15) is 0 Å². The lowest BCUT2D eigenvalue weighted by molar-refractivity contribution is 0.0527. The molecule has 0 radical (unpaired) electrons. The number of unbranched alkanes of at least 4 members (excludes halogenated alkanes) is 1. The van der Waals surface area contributed by atoms with Crippen LogP contribution in [0.15, 0.2) is 4.99 Å². The average molecular weight is 286 g/mol. The molecule has 0 aliphatic carbocycles. The Balaban J connectivity index is 3.54. The molecule has 20 heavy (non-hydrogen) atoms. The van der Waals surface area contributed by atoms with Crippen LogP contribution < -0.4 is 16.4 Å². The van der Waals surface area contributed by atoms with Gasteiger partial charge in [0, 0.05) is 19.6 Å². The van der Waals surface area contributed by atoms with Crippen LogP contribution in [0.25, 0.3) is 0 Å². The van der Waals surface area contributed by atoms with Gasteiger partial charge in [0.25, 0.3) is 0 Å². The molecule has 6 nitrogen and oxygen atoms in total. The Morgan fingerprint density at radius 2 is 1.75 bits per heavy atom. The van der Waals surface area contributed by atoms with E-state index in [-0.39, 0.29) is 6.09 Å². The number of ether oxygens (including phenoxy) is 1. The molecule has 1 amide bonds. The summed E-state index contributed by atoms with van der Waals surface area (Å²) in [6.07, 6.45) is 1.40. The van der Waals surface area contributed by atoms with Crippen LogP contribution in [0.4, 0.5) is 4.79 Å². The Morgan fingerprint density at radius 3 is 2.25 bits per heavy atom. The molecule has 6 heteroatoms. The predicted octanol–water partition coefficient (Wildman–Crippen LogP) is 1.85. The van der Waals surface area contributed by atoms with Crippen LogP contribution in [-0.4, -0.2) is 37.3 Å². The van der Waals surface area contributed by atoms with Crippen molar-refractivity contribution in [1.29, 1.82) is 0 Å². The Morgan fingerprint density at radius 1 is 1.20 bits per heavy atom. The molecule has 0 spiro atoms. The van der Waals surface area contributed by atoms with Crippen LogP contribution in [0.5, 0.6) is 0 Å². The van der Waals surface area contributed by atoms with Gasteiger partial charge >= 0.3 is 6.09 Å². The van der Waals surface area contributed by atoms with Gasteiger partial charge in [0.1, 0.15) is 5.60 Å². The van der Waals surface area contributed by atoms with E-state index in [4.69, 9.17) is 10.5 Å². The highest BCUT2D eigenvalue weighted by Gasteiger charge is 2.15. The normalized spacial score (nSPS) is 12.4. The molecule has 0 bridgehead atoms. The molecule has 0 saturated carbocycles. The number of aliphatic imine (C=N–C) groups is 1. The molecular weight excluding hydrogens is 256 g/mol. The molecule has 4 N–H and O–H groups in total. The maximum Gasteiger partial charge on any atom is 0.407 e. The number of nitrogens with two attached hydrogens (primary N) is 1. The summed E-state index contributed by atoms with van der Waals surface area (Å²) < 4.78 is 5.13. The van der Waals surface area contributed by atoms with Crippen molar-refractivity contribution in [3.8, 4) is 0 Å². The second-order valence-corrected chi connectivity index (χ2v) is 6.18. The van der Waals surface area contributed by atoms with Gasteiger partial charge in [-0.05, 0) is 39.5 Å². The zero-order valence-electron chi connectivity index (χ0n) is 13.5. The number of guanidine groups is 1. The molecule has 0 rings (SSSR count). The minimum atomic E-state index is -0.451. The first-order chi connectivity index (χ1) is 9.20. The third-order valence-corrected chi connectivity index (χ3v) is 2.20. The molecule has 118 valence electrons. The highest BCUT2D eigenvalue weighted by molar-refractivity contribution is 5.77. The number of carbonyl (C=O) groups excluding carboxylic acids is 1. The summed E-state index contributed by atoms with van der Waals surface area (Å²) in [5.74, 6) is 0.993. The third-order valence-electron chi connectivity index (χ3n) is 2.20. The largest absolute Gasteiger partial charge is 0.444 e. The first kappa shape index (κ1) is 18.5. The molecular formula is C14H30N4O2. The fourth-order valence-corrected chi connectivity index (χ4v) is 1.31. The average Bonchev–Trinajstić information content (AvgIpc) is 2.28. The number of hydrogen-bond donors (Lipinski definition) is 3. The molecule has 0 atom stereocenters. The van der Waals surface area contributed by atoms with E-state index in [9.17, 15) is 4.79 Å². The summed E-state index contributed by atoms with van der Waals surface area (Å²) >= 11 is 0. The summed E-state index contributed by atoms with van der Waals surface area (Å²) in [7, 11) is 0. The Labute approximate surface area is 122 Å². The lowest BCUT2D eigenvalue weighted by Crippen LogP contribution is -2.34. The van der Waals surface area contributed by atoms with Crippen molar-refractivity contribution in [3.05, 3.63) is 0 Å². The van der Waals surface area contributed by atoms with Crippen LogP contribution in [0.2, 0.25) is 0 Å². The van der Waals surface area contributed by atoms with Gasteiger partial charge in [-0.1, -0.05) is 13.8 Å². The van der Waals surface area contributed by atoms with E-state index in [0.29, 0.717) is 18.4 Å². The molecule has 0 saturated heterocycles. The minimum Gasteiger partial charge on any atom is -0.444 e. The topological polar surface area (TPSA) is 88.7 Å². The standard InChI is InChI=1S/C14H30N4O2/c1-11(2)10-18-12(15)16-8-6-7-9-17-13(19)20-14(3,4)5/h11H,6-10H2,1-5H3,(H,17,19)(H3,15,16,18). The monoisotopic (exact) mass is 286 g/mol. The second kappa shape index (κ2) is 9.44. The fraction of sp³-hybridized carbons (Fsp3) is 0.857. The zero-order chi connectivity index (χ0) is 15.6. The number of rotatable bonds is 7. The first-order valence-electron chi connectivity index (χ1n) is 7.21. The molecule has 0 aliphatic rings. The van der Waals surface area contributed by atoms with Gasteiger partial charge in [-0.25, -0.2) is 4.79 Å². The number of amides is 1. The van der Waals surface area contributed by atoms with E-state index in [0.717, 1.165) is 25.9 Å². The molecule has 0 aromatic carbocycles. The van der Waals surface area contributed by atoms with E-state index < -0.39 is 5.60 Å². The van der Waals surface area contributed by atoms with Crippen molar-refractivity contribution in [2.24, 2.45) is 16.6 Å². The molecule has 0 unspecified atom stereocenters. The van der Waals surface area contributed by atoms with E-state index in [1.54, 1.807) is 0 Å². The number of alkyl carbamates (subject to hydrolysis) is 1. The van der Waals surface area contributed by atoms with E-state index in [2.05, 4.69) is 29.5 Å². The molecule has 0 aromatic rings. The van der Waals surface area contributed by atoms with Crippen LogP contribution >= 0.6 is 0 Å². The van der Waals surface area contributed by atoms with Crippen molar-refractivity contribution < 1.29 is 9.53 Å². The van der Waals surface area contributed by atoms with Gasteiger partial charge in [-0.3, -0.25) is 4.99 Å². The maximum atomic E-state index is 11.4. The third kappa shape index (κ3) is 13.0. The summed E-state index contributed by atoms with van der Waals surface area (Å²) in [5.41, 5.74) is 5.25. The first-order valence-corrected chi connectivity index (χ1v) is 7.21. The number of nitrogens with one attached hydrogen (secondary N) is 2.